The van der Waals surface area contributed by atoms with Gasteiger partial charge >= 0.3 is 0 Å². The van der Waals surface area contributed by atoms with E-state index in [9.17, 15) is 34.8 Å². The van der Waals surface area contributed by atoms with Crippen LogP contribution >= 0.6 is 0 Å². The van der Waals surface area contributed by atoms with Gasteiger partial charge in [0, 0.05) is 19.4 Å². The predicted octanol–water partition coefficient (Wildman–Crippen LogP) is 0.669. The second-order valence-electron chi connectivity index (χ2n) is 10.6. The zero-order chi connectivity index (χ0) is 31.1. The van der Waals surface area contributed by atoms with Crippen LogP contribution in [0.15, 0.2) is 54.6 Å². The van der Waals surface area contributed by atoms with E-state index in [4.69, 9.17) is 11.5 Å². The van der Waals surface area contributed by atoms with Gasteiger partial charge in [-0.3, -0.25) is 14.4 Å². The lowest BCUT2D eigenvalue weighted by atomic mass is 9.95. The van der Waals surface area contributed by atoms with Gasteiger partial charge in [0.1, 0.15) is 23.6 Å². The zero-order valence-corrected chi connectivity index (χ0v) is 23.5. The van der Waals surface area contributed by atoms with E-state index in [2.05, 4.69) is 16.0 Å². The summed E-state index contributed by atoms with van der Waals surface area (Å²) < 4.78 is 0. The van der Waals surface area contributed by atoms with Gasteiger partial charge in [0.15, 0.2) is 11.5 Å². The number of hydrogen-bond donors (Lipinski definition) is 9. The molecule has 0 saturated carbocycles. The second-order valence-corrected chi connectivity index (χ2v) is 10.6. The largest absolute Gasteiger partial charge is 0.508 e. The third kappa shape index (κ3) is 7.93. The number of nitrogens with two attached hydrogens (primary N) is 2. The topological polar surface area (TPSA) is 220 Å². The normalized spacial score (nSPS) is 19.0. The van der Waals surface area contributed by atoms with Gasteiger partial charge in [-0.05, 0) is 90.0 Å². The Kier molecular flexibility index (Phi) is 10.1. The molecule has 12 nitrogen and oxygen atoms in total. The number of phenols is 4. The van der Waals surface area contributed by atoms with E-state index in [1.807, 2.05) is 0 Å². The highest BCUT2D eigenvalue weighted by molar-refractivity contribution is 5.93. The molecule has 0 unspecified atom stereocenters. The fraction of sp³-hybridized carbons (Fsp3) is 0.323. The van der Waals surface area contributed by atoms with Crippen molar-refractivity contribution >= 4 is 17.7 Å². The molecule has 0 fully saturated rings. The number of fused-ring (bicyclic) bond motifs is 5. The van der Waals surface area contributed by atoms with Crippen LogP contribution in [0.1, 0.15) is 29.5 Å². The fourth-order valence-electron chi connectivity index (χ4n) is 4.94. The van der Waals surface area contributed by atoms with E-state index in [0.29, 0.717) is 40.7 Å². The Hall–Kier alpha value is -4.81. The van der Waals surface area contributed by atoms with Crippen LogP contribution in [0.4, 0.5) is 0 Å². The Morgan fingerprint density at radius 1 is 0.814 bits per heavy atom. The van der Waals surface area contributed by atoms with Crippen molar-refractivity contribution in [1.29, 1.82) is 0 Å². The molecule has 3 aromatic rings. The summed E-state index contributed by atoms with van der Waals surface area (Å²) in [6.45, 7) is 0.420. The Balaban J connectivity index is 1.66. The first kappa shape index (κ1) is 31.1. The fourth-order valence-corrected chi connectivity index (χ4v) is 4.94. The van der Waals surface area contributed by atoms with E-state index < -0.39 is 35.8 Å². The molecule has 0 aliphatic carbocycles. The van der Waals surface area contributed by atoms with Gasteiger partial charge in [-0.15, -0.1) is 0 Å². The van der Waals surface area contributed by atoms with Crippen LogP contribution in [-0.4, -0.2) is 69.4 Å². The van der Waals surface area contributed by atoms with Gasteiger partial charge in [0.2, 0.25) is 17.7 Å². The van der Waals surface area contributed by atoms with Gasteiger partial charge in [-0.25, -0.2) is 0 Å². The summed E-state index contributed by atoms with van der Waals surface area (Å²) in [5.41, 5.74) is 14.7. The van der Waals surface area contributed by atoms with Crippen molar-refractivity contribution in [3.8, 4) is 34.1 Å². The first-order valence-corrected chi connectivity index (χ1v) is 14.0. The molecule has 0 spiro atoms. The van der Waals surface area contributed by atoms with Crippen molar-refractivity contribution in [2.45, 2.75) is 50.2 Å². The van der Waals surface area contributed by atoms with Crippen LogP contribution in [0.5, 0.6) is 23.0 Å². The Morgan fingerprint density at radius 2 is 1.44 bits per heavy atom. The van der Waals surface area contributed by atoms with Gasteiger partial charge in [-0.1, -0.05) is 18.2 Å². The number of hydrogen-bond acceptors (Lipinski definition) is 9. The van der Waals surface area contributed by atoms with Crippen molar-refractivity contribution in [3.05, 3.63) is 71.3 Å². The predicted molar refractivity (Wildman–Crippen MR) is 159 cm³/mol. The average Bonchev–Trinajstić information content (AvgIpc) is 2.98. The van der Waals surface area contributed by atoms with Crippen molar-refractivity contribution in [3.63, 3.8) is 0 Å². The average molecular weight is 592 g/mol. The molecule has 4 bridgehead atoms. The smallest absolute Gasteiger partial charge is 0.243 e. The second kappa shape index (κ2) is 13.9. The minimum absolute atomic E-state index is 0.00547. The van der Waals surface area contributed by atoms with Gasteiger partial charge < -0.3 is 47.8 Å². The lowest BCUT2D eigenvalue weighted by Gasteiger charge is -2.24. The number of nitrogens with one attached hydrogen (secondary N) is 3. The van der Waals surface area contributed by atoms with Crippen molar-refractivity contribution < 1.29 is 34.8 Å². The molecule has 0 radical (unpaired) electrons. The summed E-state index contributed by atoms with van der Waals surface area (Å²) in [6, 6.07) is 10.9. The van der Waals surface area contributed by atoms with Crippen molar-refractivity contribution in [1.82, 2.24) is 16.0 Å². The summed E-state index contributed by atoms with van der Waals surface area (Å²) in [5.74, 6) is -2.40. The summed E-state index contributed by atoms with van der Waals surface area (Å²) in [5, 5.41) is 48.6. The molecule has 3 aromatic carbocycles. The van der Waals surface area contributed by atoms with Crippen molar-refractivity contribution in [2.75, 3.05) is 13.1 Å². The Labute approximate surface area is 248 Å². The monoisotopic (exact) mass is 591 g/mol. The van der Waals surface area contributed by atoms with Crippen LogP contribution in [0, 0.1) is 0 Å². The van der Waals surface area contributed by atoms with Gasteiger partial charge in [-0.2, -0.15) is 0 Å². The van der Waals surface area contributed by atoms with E-state index >= 15 is 0 Å². The maximum atomic E-state index is 13.5. The van der Waals surface area contributed by atoms with E-state index in [1.54, 1.807) is 30.3 Å². The number of amides is 3. The number of benzene rings is 3. The summed E-state index contributed by atoms with van der Waals surface area (Å²) in [6.07, 6.45) is 0.874. The maximum Gasteiger partial charge on any atom is 0.243 e. The zero-order valence-electron chi connectivity index (χ0n) is 23.5. The van der Waals surface area contributed by atoms with Crippen LogP contribution in [0.25, 0.3) is 11.1 Å². The minimum atomic E-state index is -1.13. The SMILES string of the molecule is NCCC[C@@H]1NC(=O)[C@@H](N)Cc2cc(ccc2O)-c2ccc(O)c(c2)C[C@@H](C(=O)NCCc2ccc(O)c(O)c2)NC1=O. The molecule has 1 aliphatic heterocycles. The van der Waals surface area contributed by atoms with E-state index in [-0.39, 0.29) is 55.4 Å². The minimum Gasteiger partial charge on any atom is -0.508 e. The van der Waals surface area contributed by atoms with E-state index in [0.717, 1.165) is 0 Å². The Morgan fingerprint density at radius 3 is 2.07 bits per heavy atom. The summed E-state index contributed by atoms with van der Waals surface area (Å²) in [4.78, 5) is 39.9. The molecule has 12 heteroatoms. The molecule has 0 aromatic heterocycles. The Bertz CT molecular complexity index is 1500. The molecular formula is C31H37N5O7. The number of carbonyl (C=O) groups excluding carboxylic acids is 3. The first-order valence-electron chi connectivity index (χ1n) is 14.0. The van der Waals surface area contributed by atoms with Crippen LogP contribution in [0.3, 0.4) is 0 Å². The molecule has 0 saturated heterocycles. The molecule has 1 aliphatic rings. The molecular weight excluding hydrogens is 554 g/mol. The van der Waals surface area contributed by atoms with Crippen LogP contribution < -0.4 is 27.4 Å². The molecule has 3 amide bonds. The lowest BCUT2D eigenvalue weighted by molar-refractivity contribution is -0.132. The summed E-state index contributed by atoms with van der Waals surface area (Å²) in [7, 11) is 0. The molecule has 228 valence electrons. The number of rotatable bonds is 7. The van der Waals surface area contributed by atoms with Gasteiger partial charge in [0.25, 0.3) is 0 Å². The number of carbonyl (C=O) groups is 3. The summed E-state index contributed by atoms with van der Waals surface area (Å²) >= 11 is 0. The number of aromatic hydroxyl groups is 4. The standard InChI is InChI=1S/C31H37N5O7/c32-10-1-2-23-31(43)36-24(30(42)34-11-9-17-3-6-27(39)28(40)12-17)16-21-14-19(5-8-26(21)38)18-4-7-25(37)20(13-18)15-22(33)29(41)35-23/h3-8,12-14,22-24,37-40H,1-2,9-11,15-16,32-33H2,(H,34,42)(H,35,41)(H,36,43)/t22-,23-,24-/m0/s1. The van der Waals surface area contributed by atoms with E-state index in [1.165, 1.54) is 24.3 Å². The lowest BCUT2D eigenvalue weighted by Crippen LogP contribution is -2.56. The molecule has 4 rings (SSSR count). The van der Waals surface area contributed by atoms with Crippen molar-refractivity contribution in [2.24, 2.45) is 11.5 Å². The number of phenolic OH excluding ortho intramolecular Hbond substituents is 4. The van der Waals surface area contributed by atoms with Crippen LogP contribution in [0.2, 0.25) is 0 Å². The molecule has 3 atom stereocenters. The highest BCUT2D eigenvalue weighted by atomic mass is 16.3. The molecule has 11 N–H and O–H groups in total. The van der Waals surface area contributed by atoms with Gasteiger partial charge in [0.05, 0.1) is 6.04 Å². The third-order valence-corrected chi connectivity index (χ3v) is 7.41. The van der Waals surface area contributed by atoms with Crippen LogP contribution in [-0.2, 0) is 33.6 Å². The quantitative estimate of drug-likeness (QED) is 0.176. The first-order chi connectivity index (χ1) is 20.5. The molecule has 1 heterocycles. The maximum absolute atomic E-state index is 13.5. The highest BCUT2D eigenvalue weighted by Crippen LogP contribution is 2.31. The highest BCUT2D eigenvalue weighted by Gasteiger charge is 2.29. The molecule has 43 heavy (non-hydrogen) atoms. The third-order valence-electron chi connectivity index (χ3n) is 7.41.